The topological polar surface area (TPSA) is 113 Å². The van der Waals surface area contributed by atoms with Gasteiger partial charge in [-0.1, -0.05) is 0 Å². The lowest BCUT2D eigenvalue weighted by atomic mass is 9.92. The van der Waals surface area contributed by atoms with E-state index in [2.05, 4.69) is 20.8 Å². The zero-order chi connectivity index (χ0) is 15.7. The van der Waals surface area contributed by atoms with E-state index in [0.29, 0.717) is 22.8 Å². The summed E-state index contributed by atoms with van der Waals surface area (Å²) in [7, 11) is 0. The van der Waals surface area contributed by atoms with Crippen molar-refractivity contribution in [3.63, 3.8) is 0 Å². The zero-order valence-electron chi connectivity index (χ0n) is 12.1. The molecule has 0 spiro atoms. The highest BCUT2D eigenvalue weighted by Crippen LogP contribution is 2.26. The Labute approximate surface area is 126 Å². The number of aromatic nitrogens is 2. The molecule has 1 amide bonds. The Bertz CT molecular complexity index is 726. The second kappa shape index (κ2) is 5.72. The van der Waals surface area contributed by atoms with Crippen LogP contribution in [0.15, 0.2) is 18.2 Å². The third kappa shape index (κ3) is 2.77. The van der Waals surface area contributed by atoms with Crippen molar-refractivity contribution in [2.75, 3.05) is 11.9 Å². The van der Waals surface area contributed by atoms with Gasteiger partial charge < -0.3 is 10.6 Å². The average Bonchev–Trinajstić information content (AvgIpc) is 2.89. The highest BCUT2D eigenvalue weighted by Gasteiger charge is 2.25. The van der Waals surface area contributed by atoms with Gasteiger partial charge in [0.05, 0.1) is 15.8 Å². The molecule has 2 heterocycles. The van der Waals surface area contributed by atoms with Crippen LogP contribution in [0.1, 0.15) is 19.8 Å². The third-order valence-corrected chi connectivity index (χ3v) is 3.99. The average molecular weight is 303 g/mol. The van der Waals surface area contributed by atoms with Crippen LogP contribution in [0.25, 0.3) is 10.9 Å². The summed E-state index contributed by atoms with van der Waals surface area (Å²) in [5.41, 5.74) is 0.625. The number of carbonyl (C=O) groups excluding carboxylic acids is 1. The summed E-state index contributed by atoms with van der Waals surface area (Å²) >= 11 is 0. The molecule has 1 aromatic heterocycles. The van der Waals surface area contributed by atoms with Crippen LogP contribution in [0.3, 0.4) is 0 Å². The third-order valence-electron chi connectivity index (χ3n) is 3.99. The fourth-order valence-corrected chi connectivity index (χ4v) is 2.80. The maximum Gasteiger partial charge on any atom is 0.270 e. The number of aromatic amines is 1. The Morgan fingerprint density at radius 3 is 3.05 bits per heavy atom. The van der Waals surface area contributed by atoms with Crippen molar-refractivity contribution in [1.29, 1.82) is 0 Å². The first-order valence-electron chi connectivity index (χ1n) is 7.21. The number of hydrogen-bond acceptors (Lipinski definition) is 5. The van der Waals surface area contributed by atoms with E-state index in [1.54, 1.807) is 6.07 Å². The van der Waals surface area contributed by atoms with Crippen molar-refractivity contribution in [3.05, 3.63) is 28.3 Å². The molecule has 0 aliphatic carbocycles. The van der Waals surface area contributed by atoms with Crippen LogP contribution < -0.4 is 10.6 Å². The molecule has 3 rings (SSSR count). The molecule has 8 heteroatoms. The molecular weight excluding hydrogens is 286 g/mol. The molecule has 116 valence electrons. The molecule has 1 saturated heterocycles. The predicted molar refractivity (Wildman–Crippen MR) is 81.6 cm³/mol. The van der Waals surface area contributed by atoms with Gasteiger partial charge in [-0.3, -0.25) is 20.0 Å². The van der Waals surface area contributed by atoms with Crippen molar-refractivity contribution in [3.8, 4) is 0 Å². The van der Waals surface area contributed by atoms with Gasteiger partial charge in [-0.25, -0.2) is 0 Å². The monoisotopic (exact) mass is 303 g/mol. The van der Waals surface area contributed by atoms with Gasteiger partial charge in [0.25, 0.3) is 5.69 Å². The lowest BCUT2D eigenvalue weighted by molar-refractivity contribution is -0.384. The van der Waals surface area contributed by atoms with E-state index >= 15 is 0 Å². The van der Waals surface area contributed by atoms with E-state index < -0.39 is 4.92 Å². The van der Waals surface area contributed by atoms with Crippen LogP contribution >= 0.6 is 0 Å². The van der Waals surface area contributed by atoms with E-state index in [0.717, 1.165) is 19.4 Å². The van der Waals surface area contributed by atoms with E-state index in [1.807, 2.05) is 6.92 Å². The number of H-pyrrole nitrogens is 1. The van der Waals surface area contributed by atoms with Crippen LogP contribution in [0, 0.1) is 16.0 Å². The van der Waals surface area contributed by atoms with Crippen LogP contribution in [-0.4, -0.2) is 33.6 Å². The first-order chi connectivity index (χ1) is 10.5. The van der Waals surface area contributed by atoms with E-state index in [9.17, 15) is 14.9 Å². The molecule has 1 aliphatic rings. The normalized spacial score (nSPS) is 21.7. The first-order valence-corrected chi connectivity index (χ1v) is 7.21. The van der Waals surface area contributed by atoms with Gasteiger partial charge in [0.2, 0.25) is 5.91 Å². The number of nitrogens with one attached hydrogen (secondary N) is 3. The summed E-state index contributed by atoms with van der Waals surface area (Å²) in [5, 5.41) is 24.3. The quantitative estimate of drug-likeness (QED) is 0.591. The lowest BCUT2D eigenvalue weighted by Gasteiger charge is -2.26. The molecule has 0 unspecified atom stereocenters. The standard InChI is InChI=1S/C14H17N5O3/c1-8-6-9(4-5-15-8)14(20)16-13-11-7-10(19(21)22)2-3-12(11)17-18-13/h2-3,7-9,15H,4-6H2,1H3,(H2,16,17,18,20)/t8-,9-/m0/s1. The summed E-state index contributed by atoms with van der Waals surface area (Å²) in [6, 6.07) is 4.71. The molecular formula is C14H17N5O3. The fraction of sp³-hybridized carbons (Fsp3) is 0.429. The van der Waals surface area contributed by atoms with E-state index in [4.69, 9.17) is 0 Å². The number of anilines is 1. The summed E-state index contributed by atoms with van der Waals surface area (Å²) < 4.78 is 0. The Morgan fingerprint density at radius 1 is 1.50 bits per heavy atom. The maximum absolute atomic E-state index is 12.3. The van der Waals surface area contributed by atoms with Crippen LogP contribution in [0.5, 0.6) is 0 Å². The summed E-state index contributed by atoms with van der Waals surface area (Å²) in [5.74, 6) is 0.185. The Kier molecular flexibility index (Phi) is 3.76. The minimum atomic E-state index is -0.466. The van der Waals surface area contributed by atoms with Crippen molar-refractivity contribution in [2.45, 2.75) is 25.8 Å². The molecule has 2 aromatic rings. The number of benzene rings is 1. The number of non-ortho nitro benzene ring substituents is 1. The number of nitrogens with zero attached hydrogens (tertiary/aromatic N) is 2. The molecule has 0 bridgehead atoms. The van der Waals surface area contributed by atoms with Crippen LogP contribution in [0.2, 0.25) is 0 Å². The molecule has 0 radical (unpaired) electrons. The van der Waals surface area contributed by atoms with Gasteiger partial charge in [0.15, 0.2) is 5.82 Å². The predicted octanol–water partition coefficient (Wildman–Crippen LogP) is 1.80. The Hall–Kier alpha value is -2.48. The number of nitro benzene ring substituents is 1. The van der Waals surface area contributed by atoms with Crippen molar-refractivity contribution < 1.29 is 9.72 Å². The largest absolute Gasteiger partial charge is 0.314 e. The number of carbonyl (C=O) groups is 1. The second-order valence-corrected chi connectivity index (χ2v) is 5.62. The minimum absolute atomic E-state index is 0.0279. The van der Waals surface area contributed by atoms with Gasteiger partial charge in [-0.05, 0) is 32.4 Å². The van der Waals surface area contributed by atoms with Crippen LogP contribution in [0.4, 0.5) is 11.5 Å². The van der Waals surface area contributed by atoms with Crippen molar-refractivity contribution >= 4 is 28.3 Å². The number of hydrogen-bond donors (Lipinski definition) is 3. The second-order valence-electron chi connectivity index (χ2n) is 5.62. The maximum atomic E-state index is 12.3. The Balaban J connectivity index is 1.82. The lowest BCUT2D eigenvalue weighted by Crippen LogP contribution is -2.40. The molecule has 22 heavy (non-hydrogen) atoms. The first kappa shape index (κ1) is 14.5. The number of piperidine rings is 1. The molecule has 1 aliphatic heterocycles. The van der Waals surface area contributed by atoms with Gasteiger partial charge in [-0.2, -0.15) is 5.10 Å². The molecule has 2 atom stereocenters. The van der Waals surface area contributed by atoms with E-state index in [1.165, 1.54) is 12.1 Å². The molecule has 8 nitrogen and oxygen atoms in total. The summed E-state index contributed by atoms with van der Waals surface area (Å²) in [6.45, 7) is 2.86. The zero-order valence-corrected chi connectivity index (χ0v) is 12.1. The van der Waals surface area contributed by atoms with Gasteiger partial charge in [-0.15, -0.1) is 0 Å². The van der Waals surface area contributed by atoms with Gasteiger partial charge >= 0.3 is 0 Å². The van der Waals surface area contributed by atoms with Gasteiger partial charge in [0.1, 0.15) is 0 Å². The number of amides is 1. The summed E-state index contributed by atoms with van der Waals surface area (Å²) in [6.07, 6.45) is 1.55. The Morgan fingerprint density at radius 2 is 2.32 bits per heavy atom. The number of rotatable bonds is 3. The highest BCUT2D eigenvalue weighted by atomic mass is 16.6. The van der Waals surface area contributed by atoms with Crippen molar-refractivity contribution in [1.82, 2.24) is 15.5 Å². The minimum Gasteiger partial charge on any atom is -0.314 e. The van der Waals surface area contributed by atoms with Crippen LogP contribution in [-0.2, 0) is 4.79 Å². The SMILES string of the molecule is C[C@H]1C[C@@H](C(=O)Nc2n[nH]c3ccc([N+](=O)[O-])cc23)CCN1. The highest BCUT2D eigenvalue weighted by molar-refractivity contribution is 6.01. The molecule has 1 fully saturated rings. The summed E-state index contributed by atoms with van der Waals surface area (Å²) in [4.78, 5) is 22.7. The number of fused-ring (bicyclic) bond motifs is 1. The fourth-order valence-electron chi connectivity index (χ4n) is 2.80. The molecule has 0 saturated carbocycles. The smallest absolute Gasteiger partial charge is 0.270 e. The number of nitro groups is 1. The van der Waals surface area contributed by atoms with Gasteiger partial charge in [0, 0.05) is 24.1 Å². The molecule has 1 aromatic carbocycles. The molecule has 3 N–H and O–H groups in total. The van der Waals surface area contributed by atoms with E-state index in [-0.39, 0.29) is 17.5 Å². The van der Waals surface area contributed by atoms with Crippen molar-refractivity contribution in [2.24, 2.45) is 5.92 Å².